The first-order valence-corrected chi connectivity index (χ1v) is 6.25. The van der Waals surface area contributed by atoms with Crippen LogP contribution in [-0.2, 0) is 4.74 Å². The predicted molar refractivity (Wildman–Crippen MR) is 68.5 cm³/mol. The minimum Gasteiger partial charge on any atom is -0.385 e. The number of methoxy groups -OCH3 is 1. The number of rotatable bonds is 8. The summed E-state index contributed by atoms with van der Waals surface area (Å²) < 4.78 is 18.1. The zero-order valence-corrected chi connectivity index (χ0v) is 10.7. The molecule has 0 aliphatic carbocycles. The molecule has 0 radical (unpaired) electrons. The zero-order chi connectivity index (χ0) is 12.5. The van der Waals surface area contributed by atoms with Gasteiger partial charge in [0.1, 0.15) is 5.82 Å². The van der Waals surface area contributed by atoms with E-state index >= 15 is 0 Å². The van der Waals surface area contributed by atoms with Gasteiger partial charge in [-0.3, -0.25) is 0 Å². The van der Waals surface area contributed by atoms with Crippen molar-refractivity contribution in [2.24, 2.45) is 0 Å². The number of ether oxygens (including phenoxy) is 1. The van der Waals surface area contributed by atoms with Crippen molar-refractivity contribution in [3.05, 3.63) is 35.6 Å². The van der Waals surface area contributed by atoms with E-state index in [4.69, 9.17) is 4.74 Å². The molecule has 0 saturated carbocycles. The summed E-state index contributed by atoms with van der Waals surface area (Å²) in [5.41, 5.74) is 1.03. The van der Waals surface area contributed by atoms with Crippen LogP contribution in [-0.4, -0.2) is 20.3 Å². The van der Waals surface area contributed by atoms with Gasteiger partial charge in [0.15, 0.2) is 0 Å². The summed E-state index contributed by atoms with van der Waals surface area (Å²) in [6, 6.07) is 7.07. The Labute approximate surface area is 103 Å². The molecule has 96 valence electrons. The molecule has 1 aromatic rings. The molecule has 1 atom stereocenters. The molecule has 1 unspecified atom stereocenters. The van der Waals surface area contributed by atoms with Gasteiger partial charge < -0.3 is 10.1 Å². The van der Waals surface area contributed by atoms with Crippen LogP contribution in [0.1, 0.15) is 37.8 Å². The monoisotopic (exact) mass is 239 g/mol. The molecule has 0 aliphatic rings. The Hall–Kier alpha value is -0.930. The molecular formula is C14H22FNO. The average Bonchev–Trinajstić information content (AvgIpc) is 2.34. The van der Waals surface area contributed by atoms with Gasteiger partial charge in [0, 0.05) is 19.8 Å². The molecule has 0 spiro atoms. The van der Waals surface area contributed by atoms with Crippen molar-refractivity contribution in [2.75, 3.05) is 20.3 Å². The Morgan fingerprint density at radius 3 is 2.82 bits per heavy atom. The highest BCUT2D eigenvalue weighted by molar-refractivity contribution is 5.19. The number of unbranched alkanes of at least 4 members (excludes halogenated alkanes) is 1. The molecule has 1 rings (SSSR count). The van der Waals surface area contributed by atoms with Gasteiger partial charge in [-0.05, 0) is 43.5 Å². The second-order valence-electron chi connectivity index (χ2n) is 4.17. The van der Waals surface area contributed by atoms with Gasteiger partial charge in [-0.15, -0.1) is 0 Å². The molecule has 0 fully saturated rings. The fourth-order valence-corrected chi connectivity index (χ4v) is 1.87. The Morgan fingerprint density at radius 1 is 1.35 bits per heavy atom. The SMILES string of the molecule is CCC(NCCCCOC)c1cccc(F)c1. The van der Waals surface area contributed by atoms with E-state index in [0.717, 1.165) is 38.0 Å². The number of hydrogen-bond acceptors (Lipinski definition) is 2. The Bertz CT molecular complexity index is 317. The second kappa shape index (κ2) is 8.20. The fourth-order valence-electron chi connectivity index (χ4n) is 1.87. The molecular weight excluding hydrogens is 217 g/mol. The fraction of sp³-hybridized carbons (Fsp3) is 0.571. The molecule has 2 nitrogen and oxygen atoms in total. The van der Waals surface area contributed by atoms with E-state index in [1.54, 1.807) is 19.2 Å². The molecule has 0 aliphatic heterocycles. The van der Waals surface area contributed by atoms with Gasteiger partial charge in [0.05, 0.1) is 0 Å². The van der Waals surface area contributed by atoms with E-state index in [0.29, 0.717) is 0 Å². The van der Waals surface area contributed by atoms with Gasteiger partial charge in [0.25, 0.3) is 0 Å². The van der Waals surface area contributed by atoms with Gasteiger partial charge in [-0.1, -0.05) is 19.1 Å². The minimum absolute atomic E-state index is 0.165. The van der Waals surface area contributed by atoms with Crippen molar-refractivity contribution in [2.45, 2.75) is 32.2 Å². The summed E-state index contributed by atoms with van der Waals surface area (Å²) in [6.07, 6.45) is 3.11. The summed E-state index contributed by atoms with van der Waals surface area (Å²) >= 11 is 0. The average molecular weight is 239 g/mol. The van der Waals surface area contributed by atoms with Gasteiger partial charge in [-0.25, -0.2) is 4.39 Å². The van der Waals surface area contributed by atoms with E-state index in [2.05, 4.69) is 12.2 Å². The molecule has 0 amide bonds. The van der Waals surface area contributed by atoms with E-state index in [9.17, 15) is 4.39 Å². The van der Waals surface area contributed by atoms with Crippen molar-refractivity contribution in [1.82, 2.24) is 5.32 Å². The van der Waals surface area contributed by atoms with Gasteiger partial charge in [0.2, 0.25) is 0 Å². The summed E-state index contributed by atoms with van der Waals surface area (Å²) in [5, 5.41) is 3.45. The zero-order valence-electron chi connectivity index (χ0n) is 10.7. The van der Waals surface area contributed by atoms with Gasteiger partial charge in [-0.2, -0.15) is 0 Å². The lowest BCUT2D eigenvalue weighted by molar-refractivity contribution is 0.192. The molecule has 0 heterocycles. The highest BCUT2D eigenvalue weighted by Crippen LogP contribution is 2.17. The van der Waals surface area contributed by atoms with E-state index < -0.39 is 0 Å². The Balaban J connectivity index is 2.38. The van der Waals surface area contributed by atoms with Crippen molar-refractivity contribution in [3.8, 4) is 0 Å². The first-order chi connectivity index (χ1) is 8.27. The van der Waals surface area contributed by atoms with Crippen LogP contribution in [0.5, 0.6) is 0 Å². The quantitative estimate of drug-likeness (QED) is 0.703. The molecule has 17 heavy (non-hydrogen) atoms. The topological polar surface area (TPSA) is 21.3 Å². The molecule has 0 saturated heterocycles. The van der Waals surface area contributed by atoms with Crippen LogP contribution in [0.4, 0.5) is 4.39 Å². The predicted octanol–water partition coefficient (Wildman–Crippen LogP) is 3.29. The minimum atomic E-state index is -0.165. The molecule has 0 aromatic heterocycles. The lowest BCUT2D eigenvalue weighted by Crippen LogP contribution is -2.22. The highest BCUT2D eigenvalue weighted by Gasteiger charge is 2.08. The molecule has 0 bridgehead atoms. The maximum absolute atomic E-state index is 13.1. The Morgan fingerprint density at radius 2 is 2.18 bits per heavy atom. The van der Waals surface area contributed by atoms with Crippen molar-refractivity contribution in [3.63, 3.8) is 0 Å². The van der Waals surface area contributed by atoms with Crippen LogP contribution in [0.15, 0.2) is 24.3 Å². The number of nitrogens with one attached hydrogen (secondary N) is 1. The smallest absolute Gasteiger partial charge is 0.123 e. The number of halogens is 1. The van der Waals surface area contributed by atoms with Crippen molar-refractivity contribution in [1.29, 1.82) is 0 Å². The third kappa shape index (κ3) is 5.29. The Kier molecular flexibility index (Phi) is 6.82. The largest absolute Gasteiger partial charge is 0.385 e. The first-order valence-electron chi connectivity index (χ1n) is 6.25. The van der Waals surface area contributed by atoms with E-state index in [-0.39, 0.29) is 11.9 Å². The van der Waals surface area contributed by atoms with Crippen LogP contribution in [0, 0.1) is 5.82 Å². The standard InChI is InChI=1S/C14H22FNO/c1-3-14(16-9-4-5-10-17-2)12-7-6-8-13(15)11-12/h6-8,11,14,16H,3-5,9-10H2,1-2H3. The summed E-state index contributed by atoms with van der Waals surface area (Å²) in [5.74, 6) is -0.165. The third-order valence-corrected chi connectivity index (χ3v) is 2.83. The van der Waals surface area contributed by atoms with Crippen LogP contribution >= 0.6 is 0 Å². The maximum Gasteiger partial charge on any atom is 0.123 e. The van der Waals surface area contributed by atoms with Crippen LogP contribution in [0.25, 0.3) is 0 Å². The van der Waals surface area contributed by atoms with Crippen LogP contribution in [0.3, 0.4) is 0 Å². The third-order valence-electron chi connectivity index (χ3n) is 2.83. The molecule has 1 aromatic carbocycles. The second-order valence-corrected chi connectivity index (χ2v) is 4.17. The molecule has 1 N–H and O–H groups in total. The van der Waals surface area contributed by atoms with E-state index in [1.807, 2.05) is 6.07 Å². The normalized spacial score (nSPS) is 12.6. The summed E-state index contributed by atoms with van der Waals surface area (Å²) in [7, 11) is 1.72. The number of hydrogen-bond donors (Lipinski definition) is 1. The summed E-state index contributed by atoms with van der Waals surface area (Å²) in [4.78, 5) is 0. The van der Waals surface area contributed by atoms with Crippen LogP contribution < -0.4 is 5.32 Å². The van der Waals surface area contributed by atoms with Crippen molar-refractivity contribution < 1.29 is 9.13 Å². The maximum atomic E-state index is 13.1. The lowest BCUT2D eigenvalue weighted by Gasteiger charge is -2.17. The van der Waals surface area contributed by atoms with E-state index in [1.165, 1.54) is 6.07 Å². The number of benzene rings is 1. The first kappa shape index (κ1) is 14.1. The van der Waals surface area contributed by atoms with Crippen LogP contribution in [0.2, 0.25) is 0 Å². The van der Waals surface area contributed by atoms with Crippen molar-refractivity contribution >= 4 is 0 Å². The molecule has 3 heteroatoms. The van der Waals surface area contributed by atoms with Gasteiger partial charge >= 0.3 is 0 Å². The summed E-state index contributed by atoms with van der Waals surface area (Å²) in [6.45, 7) is 3.86. The highest BCUT2D eigenvalue weighted by atomic mass is 19.1. The lowest BCUT2D eigenvalue weighted by atomic mass is 10.0.